The molecule has 103 valence electrons. The van der Waals surface area contributed by atoms with Crippen LogP contribution >= 0.6 is 0 Å². The second-order valence-electron chi connectivity index (χ2n) is 5.81. The summed E-state index contributed by atoms with van der Waals surface area (Å²) in [5, 5.41) is 0. The van der Waals surface area contributed by atoms with Crippen LogP contribution in [0.25, 0.3) is 0 Å². The predicted octanol–water partition coefficient (Wildman–Crippen LogP) is 4.60. The number of aryl methyl sites for hydroxylation is 1. The normalized spacial score (nSPS) is 23.6. The number of rotatable bonds is 4. The van der Waals surface area contributed by atoms with Crippen molar-refractivity contribution in [1.29, 1.82) is 0 Å². The molecule has 0 bridgehead atoms. The largest absolute Gasteiger partial charge is 0.207 e. The van der Waals surface area contributed by atoms with Gasteiger partial charge in [0.05, 0.1) is 0 Å². The Balaban J connectivity index is 1.86. The summed E-state index contributed by atoms with van der Waals surface area (Å²) in [5.74, 6) is 0.708. The Hall–Kier alpha value is -0.703. The van der Waals surface area contributed by atoms with Gasteiger partial charge in [0.2, 0.25) is 0 Å². The van der Waals surface area contributed by atoms with Gasteiger partial charge in [-0.25, -0.2) is 8.78 Å². The minimum absolute atomic E-state index is 0.126. The second kappa shape index (κ2) is 6.64. The van der Waals surface area contributed by atoms with Crippen LogP contribution in [-0.2, 0) is 6.42 Å². The fourth-order valence-electron chi connectivity index (χ4n) is 2.94. The highest BCUT2D eigenvalue weighted by Gasteiger charge is 2.19. The Morgan fingerprint density at radius 3 is 2.11 bits per heavy atom. The highest BCUT2D eigenvalue weighted by Crippen LogP contribution is 2.33. The van der Waals surface area contributed by atoms with Gasteiger partial charge in [-0.3, -0.25) is 0 Å². The molecule has 0 aromatic heterocycles. The Morgan fingerprint density at radius 2 is 1.58 bits per heavy atom. The van der Waals surface area contributed by atoms with E-state index < -0.39 is 11.6 Å². The van der Waals surface area contributed by atoms with Gasteiger partial charge in [0, 0.05) is 15.8 Å². The summed E-state index contributed by atoms with van der Waals surface area (Å²) >= 11 is 0. The van der Waals surface area contributed by atoms with Gasteiger partial charge < -0.3 is 0 Å². The van der Waals surface area contributed by atoms with Crippen molar-refractivity contribution in [2.24, 2.45) is 11.8 Å². The van der Waals surface area contributed by atoms with Gasteiger partial charge in [-0.2, -0.15) is 0 Å². The van der Waals surface area contributed by atoms with Crippen LogP contribution in [0.1, 0.15) is 43.2 Å². The lowest BCUT2D eigenvalue weighted by molar-refractivity contribution is 0.278. The first-order valence-corrected chi connectivity index (χ1v) is 7.90. The van der Waals surface area contributed by atoms with Crippen LogP contribution in [0.4, 0.5) is 8.78 Å². The summed E-state index contributed by atoms with van der Waals surface area (Å²) in [6.45, 7) is 1.48. The zero-order valence-electron chi connectivity index (χ0n) is 11.5. The van der Waals surface area contributed by atoms with Crippen LogP contribution in [0.2, 0.25) is 6.04 Å². The van der Waals surface area contributed by atoms with E-state index in [9.17, 15) is 8.78 Å². The maximum Gasteiger partial charge on any atom is 0.129 e. The summed E-state index contributed by atoms with van der Waals surface area (Å²) in [6.07, 6.45) is 6.92. The summed E-state index contributed by atoms with van der Waals surface area (Å²) in [6, 6.07) is 4.07. The zero-order chi connectivity index (χ0) is 13.8. The van der Waals surface area contributed by atoms with E-state index in [0.29, 0.717) is 0 Å². The zero-order valence-corrected chi connectivity index (χ0v) is 12.5. The van der Waals surface area contributed by atoms with Crippen LogP contribution in [0.5, 0.6) is 0 Å². The van der Waals surface area contributed by atoms with Gasteiger partial charge >= 0.3 is 0 Å². The summed E-state index contributed by atoms with van der Waals surface area (Å²) in [7, 11) is 3.59. The van der Waals surface area contributed by atoms with E-state index in [1.54, 1.807) is 0 Å². The van der Waals surface area contributed by atoms with Gasteiger partial charge in [0.25, 0.3) is 0 Å². The van der Waals surface area contributed by atoms with Crippen molar-refractivity contribution < 1.29 is 8.78 Å². The van der Waals surface area contributed by atoms with Gasteiger partial charge in [-0.05, 0) is 49.3 Å². The quantitative estimate of drug-likeness (QED) is 0.707. The number of hydrogen-bond acceptors (Lipinski definition) is 0. The maximum absolute atomic E-state index is 13.5. The minimum atomic E-state index is -0.419. The van der Waals surface area contributed by atoms with Crippen LogP contribution < -0.4 is 0 Å². The molecule has 0 spiro atoms. The predicted molar refractivity (Wildman–Crippen MR) is 75.4 cm³/mol. The number of hydrogen-bond donors (Lipinski definition) is 0. The Labute approximate surface area is 118 Å². The van der Waals surface area contributed by atoms with E-state index >= 15 is 0 Å². The van der Waals surface area contributed by atoms with Crippen molar-refractivity contribution in [2.75, 3.05) is 0 Å². The van der Waals surface area contributed by atoms with Crippen LogP contribution in [-0.4, -0.2) is 10.2 Å². The lowest BCUT2D eigenvalue weighted by atomic mass is 9.80. The molecule has 2 rings (SSSR count). The standard InChI is InChI=1S/C16H21F2Si/c1-11-15(17)8-14(9-16(11)18)7-4-12-2-5-13(10-19)6-3-12/h8-9,12-13H,2-7,10H2,1H3. The molecule has 19 heavy (non-hydrogen) atoms. The maximum atomic E-state index is 13.5. The Morgan fingerprint density at radius 1 is 1.05 bits per heavy atom. The molecular formula is C16H21F2Si. The third kappa shape index (κ3) is 3.88. The number of halogens is 2. The molecule has 1 saturated carbocycles. The fraction of sp³-hybridized carbons (Fsp3) is 0.625. The molecule has 1 aromatic carbocycles. The first-order valence-electron chi connectivity index (χ1n) is 7.19. The molecule has 0 saturated heterocycles. The van der Waals surface area contributed by atoms with Crippen molar-refractivity contribution in [3.63, 3.8) is 0 Å². The highest BCUT2D eigenvalue weighted by atomic mass is 28.1. The van der Waals surface area contributed by atoms with Crippen molar-refractivity contribution in [1.82, 2.24) is 0 Å². The third-order valence-electron chi connectivity index (χ3n) is 4.44. The van der Waals surface area contributed by atoms with Crippen LogP contribution in [0.3, 0.4) is 0 Å². The lowest BCUT2D eigenvalue weighted by Crippen LogP contribution is -2.14. The molecule has 1 aliphatic carbocycles. The number of benzene rings is 1. The fourth-order valence-corrected chi connectivity index (χ4v) is 3.35. The van der Waals surface area contributed by atoms with Crippen LogP contribution in [0, 0.1) is 30.4 Å². The molecule has 0 unspecified atom stereocenters. The second-order valence-corrected chi connectivity index (χ2v) is 6.22. The summed E-state index contributed by atoms with van der Waals surface area (Å²) in [4.78, 5) is 0. The molecule has 0 atom stereocenters. The van der Waals surface area contributed by atoms with Crippen molar-refractivity contribution in [3.05, 3.63) is 34.9 Å². The van der Waals surface area contributed by atoms with E-state index in [1.165, 1.54) is 44.7 Å². The molecule has 1 aromatic rings. The topological polar surface area (TPSA) is 0 Å². The molecule has 3 radical (unpaired) electrons. The smallest absolute Gasteiger partial charge is 0.129 e. The van der Waals surface area contributed by atoms with E-state index in [0.717, 1.165) is 36.3 Å². The minimum Gasteiger partial charge on any atom is -0.207 e. The van der Waals surface area contributed by atoms with E-state index in [4.69, 9.17) is 0 Å². The molecule has 3 heteroatoms. The molecule has 0 N–H and O–H groups in total. The molecule has 0 amide bonds. The molecule has 1 fully saturated rings. The van der Waals surface area contributed by atoms with Crippen LogP contribution in [0.15, 0.2) is 12.1 Å². The third-order valence-corrected chi connectivity index (χ3v) is 5.01. The summed E-state index contributed by atoms with van der Waals surface area (Å²) < 4.78 is 26.9. The molecule has 0 heterocycles. The Bertz CT molecular complexity index is 400. The molecule has 0 aliphatic heterocycles. The highest BCUT2D eigenvalue weighted by molar-refractivity contribution is 6.08. The molecule has 0 nitrogen and oxygen atoms in total. The van der Waals surface area contributed by atoms with Gasteiger partial charge in [0.15, 0.2) is 0 Å². The molecule has 1 aliphatic rings. The van der Waals surface area contributed by atoms with E-state index in [1.807, 2.05) is 0 Å². The average Bonchev–Trinajstić information content (AvgIpc) is 2.43. The molecular weight excluding hydrogens is 258 g/mol. The van der Waals surface area contributed by atoms with Crippen molar-refractivity contribution in [3.8, 4) is 0 Å². The average molecular weight is 279 g/mol. The monoisotopic (exact) mass is 279 g/mol. The van der Waals surface area contributed by atoms with Gasteiger partial charge in [-0.1, -0.05) is 31.7 Å². The van der Waals surface area contributed by atoms with Crippen molar-refractivity contribution in [2.45, 2.75) is 51.5 Å². The first-order chi connectivity index (χ1) is 9.10. The van der Waals surface area contributed by atoms with Gasteiger partial charge in [-0.15, -0.1) is 0 Å². The first kappa shape index (κ1) is 14.7. The van der Waals surface area contributed by atoms with Crippen molar-refractivity contribution >= 4 is 10.2 Å². The lowest BCUT2D eigenvalue weighted by Gasteiger charge is -2.27. The van der Waals surface area contributed by atoms with Gasteiger partial charge in [0.1, 0.15) is 11.6 Å². The van der Waals surface area contributed by atoms with E-state index in [2.05, 4.69) is 10.2 Å². The SMILES string of the molecule is Cc1c(F)cc(CCC2CCC(C[Si])CC2)cc1F. The Kier molecular flexibility index (Phi) is 5.14. The summed E-state index contributed by atoms with van der Waals surface area (Å²) in [5.41, 5.74) is 0.921. The van der Waals surface area contributed by atoms with E-state index in [-0.39, 0.29) is 5.56 Å².